The SMILES string of the molecule is COc1cccc(C(CNC(=O)/C=C/c2ccc(C(F)(F)F)cc2)(OC)C(F)(F)F)c1. The number of carbonyl (C=O) groups is 1. The summed E-state index contributed by atoms with van der Waals surface area (Å²) in [4.78, 5) is 12.1. The molecule has 1 amide bonds. The van der Waals surface area contributed by atoms with Gasteiger partial charge in [-0.25, -0.2) is 0 Å². The van der Waals surface area contributed by atoms with Crippen molar-refractivity contribution in [2.45, 2.75) is 18.0 Å². The summed E-state index contributed by atoms with van der Waals surface area (Å²) in [5, 5.41) is 2.13. The Morgan fingerprint density at radius 2 is 1.61 bits per heavy atom. The predicted molar refractivity (Wildman–Crippen MR) is 101 cm³/mol. The largest absolute Gasteiger partial charge is 0.497 e. The van der Waals surface area contributed by atoms with Crippen LogP contribution in [0.25, 0.3) is 6.08 Å². The molecule has 0 heterocycles. The molecule has 1 unspecified atom stereocenters. The first kappa shape index (κ1) is 24.3. The Bertz CT molecular complexity index is 922. The van der Waals surface area contributed by atoms with Crippen LogP contribution in [0.5, 0.6) is 5.75 Å². The third kappa shape index (κ3) is 5.78. The van der Waals surface area contributed by atoms with E-state index in [0.29, 0.717) is 0 Å². The summed E-state index contributed by atoms with van der Waals surface area (Å²) in [6.07, 6.45) is -7.27. The van der Waals surface area contributed by atoms with Gasteiger partial charge >= 0.3 is 12.4 Å². The zero-order valence-electron chi connectivity index (χ0n) is 16.5. The Morgan fingerprint density at radius 3 is 2.13 bits per heavy atom. The third-order valence-corrected chi connectivity index (χ3v) is 4.52. The Kier molecular flexibility index (Phi) is 7.37. The first-order valence-corrected chi connectivity index (χ1v) is 8.82. The van der Waals surface area contributed by atoms with E-state index in [4.69, 9.17) is 9.47 Å². The van der Waals surface area contributed by atoms with E-state index in [-0.39, 0.29) is 16.9 Å². The van der Waals surface area contributed by atoms with Crippen LogP contribution in [0.3, 0.4) is 0 Å². The van der Waals surface area contributed by atoms with Crippen molar-refractivity contribution in [2.24, 2.45) is 0 Å². The number of methoxy groups -OCH3 is 2. The molecule has 0 radical (unpaired) electrons. The summed E-state index contributed by atoms with van der Waals surface area (Å²) in [5.74, 6) is -0.704. The Labute approximate surface area is 174 Å². The normalized spacial score (nSPS) is 14.3. The minimum atomic E-state index is -4.88. The molecule has 1 N–H and O–H groups in total. The third-order valence-electron chi connectivity index (χ3n) is 4.52. The monoisotopic (exact) mass is 447 g/mol. The molecular formula is C21H19F6NO3. The number of rotatable bonds is 7. The lowest BCUT2D eigenvalue weighted by Gasteiger charge is -2.35. The smallest absolute Gasteiger partial charge is 0.423 e. The molecule has 2 aromatic carbocycles. The fourth-order valence-electron chi connectivity index (χ4n) is 2.77. The maximum Gasteiger partial charge on any atom is 0.423 e. The highest BCUT2D eigenvalue weighted by atomic mass is 19.4. The van der Waals surface area contributed by atoms with E-state index in [0.717, 1.165) is 43.5 Å². The van der Waals surface area contributed by atoms with Gasteiger partial charge in [0, 0.05) is 13.2 Å². The summed E-state index contributed by atoms with van der Waals surface area (Å²) in [6, 6.07) is 9.12. The van der Waals surface area contributed by atoms with Crippen LogP contribution < -0.4 is 10.1 Å². The van der Waals surface area contributed by atoms with Gasteiger partial charge in [0.2, 0.25) is 11.5 Å². The first-order chi connectivity index (χ1) is 14.4. The summed E-state index contributed by atoms with van der Waals surface area (Å²) in [5.41, 5.74) is -3.69. The van der Waals surface area contributed by atoms with Gasteiger partial charge < -0.3 is 14.8 Å². The Balaban J connectivity index is 2.17. The van der Waals surface area contributed by atoms with Gasteiger partial charge in [0.1, 0.15) is 5.75 Å². The molecular weight excluding hydrogens is 428 g/mol. The molecule has 0 aliphatic heterocycles. The second kappa shape index (κ2) is 9.42. The standard InChI is InChI=1S/C21H19F6NO3/c1-30-17-5-3-4-16(12-17)19(31-2,21(25,26)27)13-28-18(29)11-8-14-6-9-15(10-7-14)20(22,23)24/h3-12H,13H2,1-2H3,(H,28,29)/b11-8+. The molecule has 0 aromatic heterocycles. The van der Waals surface area contributed by atoms with Gasteiger partial charge in [-0.05, 0) is 41.5 Å². The highest BCUT2D eigenvalue weighted by Gasteiger charge is 2.57. The number of halogens is 6. The van der Waals surface area contributed by atoms with Crippen LogP contribution in [0, 0.1) is 0 Å². The van der Waals surface area contributed by atoms with E-state index in [1.54, 1.807) is 0 Å². The molecule has 0 spiro atoms. The van der Waals surface area contributed by atoms with Crippen LogP contribution in [0.15, 0.2) is 54.6 Å². The molecule has 0 saturated carbocycles. The zero-order chi connectivity index (χ0) is 23.3. The van der Waals surface area contributed by atoms with E-state index in [1.807, 2.05) is 0 Å². The second-order valence-corrected chi connectivity index (χ2v) is 6.43. The molecule has 31 heavy (non-hydrogen) atoms. The van der Waals surface area contributed by atoms with Crippen LogP contribution in [0.4, 0.5) is 26.3 Å². The molecule has 0 bridgehead atoms. The molecule has 1 atom stereocenters. The van der Waals surface area contributed by atoms with E-state index in [2.05, 4.69) is 5.32 Å². The molecule has 0 aliphatic rings. The molecule has 4 nitrogen and oxygen atoms in total. The molecule has 10 heteroatoms. The molecule has 0 saturated heterocycles. The van der Waals surface area contributed by atoms with E-state index >= 15 is 0 Å². The zero-order valence-corrected chi connectivity index (χ0v) is 16.5. The van der Waals surface area contributed by atoms with E-state index < -0.39 is 36.0 Å². The van der Waals surface area contributed by atoms with Gasteiger partial charge in [-0.15, -0.1) is 0 Å². The Morgan fingerprint density at radius 1 is 0.968 bits per heavy atom. The molecule has 0 aliphatic carbocycles. The average Bonchev–Trinajstić information content (AvgIpc) is 2.72. The molecule has 0 fully saturated rings. The van der Waals surface area contributed by atoms with Crippen molar-refractivity contribution < 1.29 is 40.6 Å². The average molecular weight is 447 g/mol. The number of nitrogens with one attached hydrogen (secondary N) is 1. The van der Waals surface area contributed by atoms with Crippen LogP contribution in [-0.4, -0.2) is 32.8 Å². The van der Waals surface area contributed by atoms with E-state index in [9.17, 15) is 31.1 Å². The summed E-state index contributed by atoms with van der Waals surface area (Å²) in [7, 11) is 2.17. The van der Waals surface area contributed by atoms with Crippen LogP contribution in [-0.2, 0) is 21.3 Å². The lowest BCUT2D eigenvalue weighted by atomic mass is 9.92. The summed E-state index contributed by atoms with van der Waals surface area (Å²) >= 11 is 0. The lowest BCUT2D eigenvalue weighted by Crippen LogP contribution is -2.52. The maximum absolute atomic E-state index is 13.9. The fourth-order valence-corrected chi connectivity index (χ4v) is 2.77. The Hall–Kier alpha value is -3.01. The topological polar surface area (TPSA) is 47.6 Å². The number of hydrogen-bond donors (Lipinski definition) is 1. The van der Waals surface area contributed by atoms with Gasteiger partial charge in [-0.3, -0.25) is 4.79 Å². The lowest BCUT2D eigenvalue weighted by molar-refractivity contribution is -0.274. The fraction of sp³-hybridized carbons (Fsp3) is 0.286. The van der Waals surface area contributed by atoms with Gasteiger partial charge in [-0.2, -0.15) is 26.3 Å². The number of ether oxygens (including phenoxy) is 2. The molecule has 2 aromatic rings. The van der Waals surface area contributed by atoms with Gasteiger partial charge in [0.25, 0.3) is 0 Å². The van der Waals surface area contributed by atoms with Crippen LogP contribution >= 0.6 is 0 Å². The van der Waals surface area contributed by atoms with Gasteiger partial charge in [-0.1, -0.05) is 24.3 Å². The summed E-state index contributed by atoms with van der Waals surface area (Å²) in [6.45, 7) is -0.934. The van der Waals surface area contributed by atoms with Crippen molar-refractivity contribution in [1.29, 1.82) is 0 Å². The molecule has 168 valence electrons. The van der Waals surface area contributed by atoms with Crippen molar-refractivity contribution in [2.75, 3.05) is 20.8 Å². The number of benzene rings is 2. The van der Waals surface area contributed by atoms with Crippen molar-refractivity contribution >= 4 is 12.0 Å². The van der Waals surface area contributed by atoms with Crippen molar-refractivity contribution in [1.82, 2.24) is 5.32 Å². The highest BCUT2D eigenvalue weighted by Crippen LogP contribution is 2.42. The number of carbonyl (C=O) groups excluding carboxylic acids is 1. The van der Waals surface area contributed by atoms with Crippen LogP contribution in [0.2, 0.25) is 0 Å². The number of hydrogen-bond acceptors (Lipinski definition) is 3. The van der Waals surface area contributed by atoms with Gasteiger partial charge in [0.05, 0.1) is 19.2 Å². The highest BCUT2D eigenvalue weighted by molar-refractivity contribution is 5.91. The van der Waals surface area contributed by atoms with Gasteiger partial charge in [0.15, 0.2) is 0 Å². The van der Waals surface area contributed by atoms with Crippen molar-refractivity contribution in [3.05, 3.63) is 71.3 Å². The van der Waals surface area contributed by atoms with Crippen LogP contribution in [0.1, 0.15) is 16.7 Å². The minimum absolute atomic E-state index is 0.178. The maximum atomic E-state index is 13.9. The minimum Gasteiger partial charge on any atom is -0.497 e. The second-order valence-electron chi connectivity index (χ2n) is 6.43. The molecule has 2 rings (SSSR count). The number of alkyl halides is 6. The van der Waals surface area contributed by atoms with Crippen molar-refractivity contribution in [3.8, 4) is 5.75 Å². The quantitative estimate of drug-likeness (QED) is 0.483. The van der Waals surface area contributed by atoms with Crippen molar-refractivity contribution in [3.63, 3.8) is 0 Å². The first-order valence-electron chi connectivity index (χ1n) is 8.82. The summed E-state index contributed by atoms with van der Waals surface area (Å²) < 4.78 is 89.2. The predicted octanol–water partition coefficient (Wildman–Crippen LogP) is 4.95. The van der Waals surface area contributed by atoms with E-state index in [1.165, 1.54) is 31.4 Å². The number of amides is 1.